The molecule has 1 rings (SSSR count). The monoisotopic (exact) mass is 265 g/mol. The quantitative estimate of drug-likeness (QED) is 0.460. The van der Waals surface area contributed by atoms with E-state index in [-0.39, 0.29) is 0 Å². The molecule has 0 aromatic rings. The van der Waals surface area contributed by atoms with Crippen LogP contribution in [0.2, 0.25) is 0 Å². The highest BCUT2D eigenvalue weighted by Crippen LogP contribution is 2.09. The van der Waals surface area contributed by atoms with Gasteiger partial charge in [0.25, 0.3) is 0 Å². The van der Waals surface area contributed by atoms with Crippen LogP contribution < -0.4 is 5.73 Å². The predicted octanol–water partition coefficient (Wildman–Crippen LogP) is 3.36. The van der Waals surface area contributed by atoms with Crippen molar-refractivity contribution < 1.29 is 0 Å². The molecule has 0 aliphatic carbocycles. The molecule has 1 aliphatic heterocycles. The van der Waals surface area contributed by atoms with E-state index in [9.17, 15) is 0 Å². The topological polar surface area (TPSA) is 41.6 Å². The van der Waals surface area contributed by atoms with E-state index >= 15 is 0 Å². The Bertz CT molecular complexity index is 271. The zero-order chi connectivity index (χ0) is 13.8. The third-order valence-electron chi connectivity index (χ3n) is 3.60. The molecule has 3 nitrogen and oxygen atoms in total. The maximum Gasteiger partial charge on any atom is 0.0993 e. The van der Waals surface area contributed by atoms with Crippen LogP contribution in [0.4, 0.5) is 0 Å². The summed E-state index contributed by atoms with van der Waals surface area (Å²) in [6, 6.07) is 0. The lowest BCUT2D eigenvalue weighted by Crippen LogP contribution is -2.32. The summed E-state index contributed by atoms with van der Waals surface area (Å²) in [6.45, 7) is 5.97. The first-order valence-electron chi connectivity index (χ1n) is 8.01. The second kappa shape index (κ2) is 11.0. The molecule has 0 bridgehead atoms. The number of nitrogens with two attached hydrogens (primary N) is 1. The van der Waals surface area contributed by atoms with E-state index in [4.69, 9.17) is 5.73 Å². The molecule has 1 heterocycles. The first-order chi connectivity index (χ1) is 9.38. The Kier molecular flexibility index (Phi) is 9.42. The lowest BCUT2D eigenvalue weighted by molar-refractivity contribution is 0.459. The van der Waals surface area contributed by atoms with E-state index in [1.807, 2.05) is 0 Å². The van der Waals surface area contributed by atoms with Crippen LogP contribution in [-0.4, -0.2) is 36.9 Å². The van der Waals surface area contributed by atoms with E-state index in [1.165, 1.54) is 44.4 Å². The Morgan fingerprint density at radius 2 is 1.95 bits per heavy atom. The Morgan fingerprint density at radius 3 is 2.74 bits per heavy atom. The van der Waals surface area contributed by atoms with Gasteiger partial charge in [-0.15, -0.1) is 0 Å². The van der Waals surface area contributed by atoms with Gasteiger partial charge < -0.3 is 10.6 Å². The maximum absolute atomic E-state index is 5.60. The zero-order valence-corrected chi connectivity index (χ0v) is 12.6. The van der Waals surface area contributed by atoms with Crippen molar-refractivity contribution in [1.29, 1.82) is 0 Å². The zero-order valence-electron chi connectivity index (χ0n) is 12.6. The van der Waals surface area contributed by atoms with Crippen LogP contribution in [0.25, 0.3) is 0 Å². The summed E-state index contributed by atoms with van der Waals surface area (Å²) in [5.41, 5.74) is 5.60. The summed E-state index contributed by atoms with van der Waals surface area (Å²) in [4.78, 5) is 6.89. The van der Waals surface area contributed by atoms with E-state index in [1.54, 1.807) is 0 Å². The van der Waals surface area contributed by atoms with Crippen molar-refractivity contribution in [2.75, 3.05) is 26.2 Å². The van der Waals surface area contributed by atoms with Gasteiger partial charge >= 0.3 is 0 Å². The molecule has 0 unspecified atom stereocenters. The molecule has 0 amide bonds. The summed E-state index contributed by atoms with van der Waals surface area (Å²) < 4.78 is 0. The fraction of sp³-hybridized carbons (Fsp3) is 0.812. The molecule has 110 valence electrons. The number of allylic oxidation sites excluding steroid dienone is 2. The van der Waals surface area contributed by atoms with Crippen molar-refractivity contribution in [3.63, 3.8) is 0 Å². The standard InChI is InChI=1S/C16H31N3/c1-2-3-4-5-6-7-8-9-10-11-16-18-13-15-19(16)14-12-17/h8-9H,2-7,10-15,17H2,1H3/b9-8+. The third-order valence-corrected chi connectivity index (χ3v) is 3.60. The highest BCUT2D eigenvalue weighted by Gasteiger charge is 2.14. The van der Waals surface area contributed by atoms with Crippen LogP contribution >= 0.6 is 0 Å². The SMILES string of the molecule is CCCCCCC/C=C/CCC1=NCCN1CCN. The average molecular weight is 265 g/mol. The van der Waals surface area contributed by atoms with Crippen molar-refractivity contribution in [2.24, 2.45) is 10.7 Å². The molecular formula is C16H31N3. The van der Waals surface area contributed by atoms with Crippen LogP contribution in [0.3, 0.4) is 0 Å². The molecule has 0 aromatic heterocycles. The van der Waals surface area contributed by atoms with Gasteiger partial charge in [0, 0.05) is 26.1 Å². The molecule has 2 N–H and O–H groups in total. The Hall–Kier alpha value is -0.830. The number of unbranched alkanes of at least 4 members (excludes halogenated alkanes) is 5. The van der Waals surface area contributed by atoms with Gasteiger partial charge in [0.05, 0.1) is 12.4 Å². The number of hydrogen-bond donors (Lipinski definition) is 1. The largest absolute Gasteiger partial charge is 0.357 e. The first kappa shape index (κ1) is 16.2. The summed E-state index contributed by atoms with van der Waals surface area (Å²) >= 11 is 0. The summed E-state index contributed by atoms with van der Waals surface area (Å²) in [5.74, 6) is 1.26. The Balaban J connectivity index is 2.00. The van der Waals surface area contributed by atoms with Crippen molar-refractivity contribution >= 4 is 5.84 Å². The second-order valence-electron chi connectivity index (χ2n) is 5.29. The molecule has 0 aromatic carbocycles. The number of amidine groups is 1. The van der Waals surface area contributed by atoms with Gasteiger partial charge in [-0.3, -0.25) is 4.99 Å². The molecule has 0 spiro atoms. The van der Waals surface area contributed by atoms with Gasteiger partial charge in [-0.25, -0.2) is 0 Å². The summed E-state index contributed by atoms with van der Waals surface area (Å²) in [6.07, 6.45) is 14.9. The molecule has 1 aliphatic rings. The van der Waals surface area contributed by atoms with Gasteiger partial charge in [0.1, 0.15) is 0 Å². The highest BCUT2D eigenvalue weighted by atomic mass is 15.2. The molecule has 0 saturated heterocycles. The Morgan fingerprint density at radius 1 is 1.16 bits per heavy atom. The van der Waals surface area contributed by atoms with Crippen molar-refractivity contribution in [1.82, 2.24) is 4.90 Å². The lowest BCUT2D eigenvalue weighted by atomic mass is 10.1. The molecular weight excluding hydrogens is 234 g/mol. The average Bonchev–Trinajstić information content (AvgIpc) is 2.85. The van der Waals surface area contributed by atoms with Crippen LogP contribution in [0.15, 0.2) is 17.1 Å². The van der Waals surface area contributed by atoms with Gasteiger partial charge in [0.15, 0.2) is 0 Å². The fourth-order valence-corrected chi connectivity index (χ4v) is 2.48. The maximum atomic E-state index is 5.60. The minimum absolute atomic E-state index is 0.729. The minimum atomic E-state index is 0.729. The van der Waals surface area contributed by atoms with E-state index in [2.05, 4.69) is 29.0 Å². The first-order valence-corrected chi connectivity index (χ1v) is 8.01. The summed E-state index contributed by atoms with van der Waals surface area (Å²) in [7, 11) is 0. The highest BCUT2D eigenvalue weighted by molar-refractivity contribution is 5.83. The molecule has 19 heavy (non-hydrogen) atoms. The minimum Gasteiger partial charge on any atom is -0.357 e. The smallest absolute Gasteiger partial charge is 0.0993 e. The number of aliphatic imine (C=N–C) groups is 1. The van der Waals surface area contributed by atoms with Crippen LogP contribution in [0, 0.1) is 0 Å². The van der Waals surface area contributed by atoms with Gasteiger partial charge in [-0.05, 0) is 19.3 Å². The normalized spacial score (nSPS) is 15.5. The van der Waals surface area contributed by atoms with E-state index < -0.39 is 0 Å². The predicted molar refractivity (Wildman–Crippen MR) is 84.7 cm³/mol. The molecule has 0 radical (unpaired) electrons. The van der Waals surface area contributed by atoms with Crippen molar-refractivity contribution in [3.05, 3.63) is 12.2 Å². The molecule has 0 fully saturated rings. The number of hydrogen-bond acceptors (Lipinski definition) is 3. The molecule has 0 saturated carbocycles. The van der Waals surface area contributed by atoms with Crippen LogP contribution in [-0.2, 0) is 0 Å². The van der Waals surface area contributed by atoms with Gasteiger partial charge in [-0.1, -0.05) is 44.8 Å². The summed E-state index contributed by atoms with van der Waals surface area (Å²) in [5, 5.41) is 0. The van der Waals surface area contributed by atoms with Gasteiger partial charge in [-0.2, -0.15) is 0 Å². The number of nitrogens with zero attached hydrogens (tertiary/aromatic N) is 2. The van der Waals surface area contributed by atoms with E-state index in [0.717, 1.165) is 39.0 Å². The van der Waals surface area contributed by atoms with Gasteiger partial charge in [0.2, 0.25) is 0 Å². The fourth-order valence-electron chi connectivity index (χ4n) is 2.48. The van der Waals surface area contributed by atoms with Crippen LogP contribution in [0.5, 0.6) is 0 Å². The third kappa shape index (κ3) is 7.36. The molecule has 0 atom stereocenters. The van der Waals surface area contributed by atoms with Crippen molar-refractivity contribution in [3.8, 4) is 0 Å². The van der Waals surface area contributed by atoms with Crippen LogP contribution in [0.1, 0.15) is 58.3 Å². The molecule has 3 heteroatoms. The number of rotatable bonds is 11. The van der Waals surface area contributed by atoms with Crippen molar-refractivity contribution in [2.45, 2.75) is 58.3 Å². The van der Waals surface area contributed by atoms with E-state index in [0.29, 0.717) is 0 Å². The Labute approximate surface area is 119 Å². The lowest BCUT2D eigenvalue weighted by Gasteiger charge is -2.18. The second-order valence-corrected chi connectivity index (χ2v) is 5.29.